The van der Waals surface area contributed by atoms with Crippen LogP contribution in [0.3, 0.4) is 0 Å². The minimum absolute atomic E-state index is 0.123. The summed E-state index contributed by atoms with van der Waals surface area (Å²) in [5.41, 5.74) is 5.91. The fourth-order valence-electron chi connectivity index (χ4n) is 2.96. The summed E-state index contributed by atoms with van der Waals surface area (Å²) in [4.78, 5) is 16.7. The Bertz CT molecular complexity index is 290. The van der Waals surface area contributed by atoms with Gasteiger partial charge in [-0.25, -0.2) is 0 Å². The third kappa shape index (κ3) is 4.16. The molecule has 5 heteroatoms. The van der Waals surface area contributed by atoms with E-state index >= 15 is 0 Å². The molecule has 0 radical (unpaired) electrons. The van der Waals surface area contributed by atoms with Gasteiger partial charge < -0.3 is 16.0 Å². The Balaban J connectivity index is 1.59. The molecule has 19 heavy (non-hydrogen) atoms. The average molecular weight is 268 g/mol. The van der Waals surface area contributed by atoms with Gasteiger partial charge in [-0.05, 0) is 31.8 Å². The molecule has 5 nitrogen and oxygen atoms in total. The van der Waals surface area contributed by atoms with Crippen molar-refractivity contribution in [3.05, 3.63) is 0 Å². The van der Waals surface area contributed by atoms with E-state index < -0.39 is 0 Å². The van der Waals surface area contributed by atoms with E-state index in [1.807, 2.05) is 0 Å². The van der Waals surface area contributed by atoms with Gasteiger partial charge in [-0.2, -0.15) is 0 Å². The lowest BCUT2D eigenvalue weighted by atomic mass is 9.66. The highest BCUT2D eigenvalue weighted by Crippen LogP contribution is 2.42. The van der Waals surface area contributed by atoms with E-state index in [9.17, 15) is 4.79 Å². The van der Waals surface area contributed by atoms with Crippen LogP contribution < -0.4 is 11.1 Å². The van der Waals surface area contributed by atoms with Gasteiger partial charge >= 0.3 is 0 Å². The van der Waals surface area contributed by atoms with Gasteiger partial charge in [0.15, 0.2) is 0 Å². The summed E-state index contributed by atoms with van der Waals surface area (Å²) in [5.74, 6) is 0.180. The molecule has 1 amide bonds. The molecule has 1 heterocycles. The van der Waals surface area contributed by atoms with Gasteiger partial charge in [0.1, 0.15) is 0 Å². The monoisotopic (exact) mass is 268 g/mol. The number of nitrogens with zero attached hydrogens (tertiary/aromatic N) is 2. The highest BCUT2D eigenvalue weighted by Gasteiger charge is 2.37. The van der Waals surface area contributed by atoms with Gasteiger partial charge in [0.05, 0.1) is 0 Å². The number of amides is 1. The van der Waals surface area contributed by atoms with Crippen molar-refractivity contribution in [3.63, 3.8) is 0 Å². The first kappa shape index (κ1) is 14.8. The second-order valence-electron chi connectivity index (χ2n) is 6.23. The molecular weight excluding hydrogens is 240 g/mol. The van der Waals surface area contributed by atoms with Gasteiger partial charge in [0.25, 0.3) is 0 Å². The molecule has 0 atom stereocenters. The number of rotatable bonds is 6. The quantitative estimate of drug-likeness (QED) is 0.704. The van der Waals surface area contributed by atoms with E-state index in [2.05, 4.69) is 22.2 Å². The van der Waals surface area contributed by atoms with Gasteiger partial charge in [-0.3, -0.25) is 9.69 Å². The van der Waals surface area contributed by atoms with Crippen LogP contribution >= 0.6 is 0 Å². The second kappa shape index (κ2) is 6.68. The van der Waals surface area contributed by atoms with Crippen LogP contribution in [0.5, 0.6) is 0 Å². The summed E-state index contributed by atoms with van der Waals surface area (Å²) in [6.45, 7) is 6.87. The van der Waals surface area contributed by atoms with Crippen LogP contribution in [-0.4, -0.2) is 68.6 Å². The van der Waals surface area contributed by atoms with Crippen molar-refractivity contribution in [1.82, 2.24) is 15.1 Å². The normalized spacial score (nSPS) is 23.9. The predicted octanol–water partition coefficient (Wildman–Crippen LogP) is -0.131. The van der Waals surface area contributed by atoms with Crippen LogP contribution in [0.4, 0.5) is 0 Å². The van der Waals surface area contributed by atoms with Crippen molar-refractivity contribution in [2.75, 3.05) is 52.9 Å². The molecule has 1 aliphatic heterocycles. The van der Waals surface area contributed by atoms with E-state index in [0.29, 0.717) is 13.0 Å². The number of carbonyl (C=O) groups is 1. The molecule has 1 aliphatic carbocycles. The van der Waals surface area contributed by atoms with Gasteiger partial charge in [-0.15, -0.1) is 0 Å². The zero-order chi connectivity index (χ0) is 13.7. The Labute approximate surface area is 116 Å². The van der Waals surface area contributed by atoms with Crippen molar-refractivity contribution < 1.29 is 4.79 Å². The molecule has 1 saturated carbocycles. The van der Waals surface area contributed by atoms with Crippen LogP contribution in [0, 0.1) is 5.41 Å². The van der Waals surface area contributed by atoms with E-state index in [4.69, 9.17) is 5.73 Å². The molecule has 1 saturated heterocycles. The maximum absolute atomic E-state index is 11.9. The Kier molecular flexibility index (Phi) is 5.19. The zero-order valence-corrected chi connectivity index (χ0v) is 12.2. The first-order chi connectivity index (χ1) is 9.13. The Morgan fingerprint density at radius 3 is 2.47 bits per heavy atom. The number of nitrogens with two attached hydrogens (primary N) is 1. The lowest BCUT2D eigenvalue weighted by Gasteiger charge is -2.40. The molecular formula is C14H28N4O. The third-order valence-electron chi connectivity index (χ3n) is 4.73. The molecule has 2 rings (SSSR count). The Morgan fingerprint density at radius 2 is 1.95 bits per heavy atom. The molecule has 2 aliphatic rings. The Hall–Kier alpha value is -0.650. The minimum Gasteiger partial charge on any atom is -0.355 e. The number of carbonyl (C=O) groups excluding carboxylic acids is 1. The number of piperazine rings is 1. The Morgan fingerprint density at radius 1 is 1.26 bits per heavy atom. The van der Waals surface area contributed by atoms with Crippen molar-refractivity contribution in [1.29, 1.82) is 0 Å². The maximum atomic E-state index is 11.9. The summed E-state index contributed by atoms with van der Waals surface area (Å²) < 4.78 is 0. The van der Waals surface area contributed by atoms with Crippen LogP contribution in [0.25, 0.3) is 0 Å². The van der Waals surface area contributed by atoms with Crippen LogP contribution in [-0.2, 0) is 4.79 Å². The third-order valence-corrected chi connectivity index (χ3v) is 4.73. The fraction of sp³-hybridized carbons (Fsp3) is 0.929. The van der Waals surface area contributed by atoms with Crippen molar-refractivity contribution in [3.8, 4) is 0 Å². The van der Waals surface area contributed by atoms with Crippen molar-refractivity contribution >= 4 is 5.91 Å². The topological polar surface area (TPSA) is 61.6 Å². The van der Waals surface area contributed by atoms with E-state index in [-0.39, 0.29) is 11.3 Å². The fourth-order valence-corrected chi connectivity index (χ4v) is 2.96. The standard InChI is InChI=1S/C14H28N4O/c1-17-7-9-18(10-8-17)6-5-16-13(19)11-14(12-15)3-2-4-14/h2-12,15H2,1H3,(H,16,19). The van der Waals surface area contributed by atoms with Crippen LogP contribution in [0.2, 0.25) is 0 Å². The largest absolute Gasteiger partial charge is 0.355 e. The number of likely N-dealkylation sites (N-methyl/N-ethyl adjacent to an activating group) is 1. The molecule has 0 bridgehead atoms. The first-order valence-electron chi connectivity index (χ1n) is 7.51. The van der Waals surface area contributed by atoms with E-state index in [1.165, 1.54) is 6.42 Å². The number of nitrogens with one attached hydrogen (secondary N) is 1. The molecule has 110 valence electrons. The van der Waals surface area contributed by atoms with Crippen molar-refractivity contribution in [2.24, 2.45) is 11.1 Å². The van der Waals surface area contributed by atoms with Gasteiger partial charge in [0.2, 0.25) is 5.91 Å². The zero-order valence-electron chi connectivity index (χ0n) is 12.2. The summed E-state index contributed by atoms with van der Waals surface area (Å²) in [7, 11) is 2.16. The predicted molar refractivity (Wildman–Crippen MR) is 76.9 cm³/mol. The highest BCUT2D eigenvalue weighted by atomic mass is 16.1. The molecule has 3 N–H and O–H groups in total. The summed E-state index contributed by atoms with van der Waals surface area (Å²) in [5, 5.41) is 3.05. The molecule has 0 unspecified atom stereocenters. The molecule has 0 aromatic carbocycles. The number of hydrogen-bond acceptors (Lipinski definition) is 4. The summed E-state index contributed by atoms with van der Waals surface area (Å²) >= 11 is 0. The van der Waals surface area contributed by atoms with E-state index in [0.717, 1.165) is 52.1 Å². The van der Waals surface area contributed by atoms with Gasteiger partial charge in [0, 0.05) is 45.7 Å². The van der Waals surface area contributed by atoms with Crippen LogP contribution in [0.15, 0.2) is 0 Å². The number of hydrogen-bond donors (Lipinski definition) is 2. The summed E-state index contributed by atoms with van der Waals surface area (Å²) in [6, 6.07) is 0. The summed E-state index contributed by atoms with van der Waals surface area (Å²) in [6.07, 6.45) is 4.09. The molecule has 0 spiro atoms. The minimum atomic E-state index is 0.123. The maximum Gasteiger partial charge on any atom is 0.220 e. The first-order valence-corrected chi connectivity index (χ1v) is 7.51. The van der Waals surface area contributed by atoms with Crippen molar-refractivity contribution in [2.45, 2.75) is 25.7 Å². The van der Waals surface area contributed by atoms with Gasteiger partial charge in [-0.1, -0.05) is 6.42 Å². The second-order valence-corrected chi connectivity index (χ2v) is 6.23. The average Bonchev–Trinajstić information content (AvgIpc) is 2.36. The smallest absolute Gasteiger partial charge is 0.220 e. The SMILES string of the molecule is CN1CCN(CCNC(=O)CC2(CN)CCC2)CC1. The lowest BCUT2D eigenvalue weighted by molar-refractivity contribution is -0.124. The molecule has 0 aromatic rings. The highest BCUT2D eigenvalue weighted by molar-refractivity contribution is 5.76. The van der Waals surface area contributed by atoms with E-state index in [1.54, 1.807) is 0 Å². The van der Waals surface area contributed by atoms with Crippen LogP contribution in [0.1, 0.15) is 25.7 Å². The lowest BCUT2D eigenvalue weighted by Crippen LogP contribution is -2.47. The molecule has 2 fully saturated rings. The molecule has 0 aromatic heterocycles.